The molecule has 0 atom stereocenters. The number of pyridine rings is 1. The maximum absolute atomic E-state index is 12.8. The van der Waals surface area contributed by atoms with Crippen LogP contribution in [-0.2, 0) is 11.2 Å². The first-order valence-corrected chi connectivity index (χ1v) is 4.47. The minimum atomic E-state index is -2.94. The molecule has 0 saturated carbocycles. The van der Waals surface area contributed by atoms with E-state index in [1.807, 2.05) is 0 Å². The minimum Gasteiger partial charge on any atom is -0.494 e. The molecule has 1 heterocycles. The molecule has 0 radical (unpaired) electrons. The van der Waals surface area contributed by atoms with Gasteiger partial charge in [0.05, 0.1) is 30.4 Å². The van der Waals surface area contributed by atoms with Crippen molar-refractivity contribution in [2.75, 3.05) is 7.11 Å². The summed E-state index contributed by atoms with van der Waals surface area (Å²) in [5.41, 5.74) is -1.08. The molecule has 0 saturated heterocycles. The second-order valence-corrected chi connectivity index (χ2v) is 3.05. The fourth-order valence-corrected chi connectivity index (χ4v) is 1.35. The van der Waals surface area contributed by atoms with Gasteiger partial charge >= 0.3 is 5.97 Å². The van der Waals surface area contributed by atoms with Gasteiger partial charge in [-0.1, -0.05) is 0 Å². The van der Waals surface area contributed by atoms with Crippen LogP contribution in [0.15, 0.2) is 6.20 Å². The number of ether oxygens (including phenoxy) is 1. The maximum Gasteiger partial charge on any atom is 0.309 e. The lowest BCUT2D eigenvalue weighted by atomic mass is 10.1. The number of nitriles is 1. The molecule has 0 amide bonds. The van der Waals surface area contributed by atoms with Gasteiger partial charge in [-0.05, 0) is 0 Å². The van der Waals surface area contributed by atoms with E-state index >= 15 is 0 Å². The number of rotatable bonds is 4. The molecule has 7 heteroatoms. The van der Waals surface area contributed by atoms with Gasteiger partial charge in [0.1, 0.15) is 6.07 Å². The number of hydrogen-bond donors (Lipinski definition) is 1. The van der Waals surface area contributed by atoms with Crippen LogP contribution < -0.4 is 4.74 Å². The molecule has 0 aliphatic heterocycles. The number of carboxylic acid groups (broad SMARTS) is 1. The molecule has 1 N–H and O–H groups in total. The van der Waals surface area contributed by atoms with Gasteiger partial charge in [-0.15, -0.1) is 0 Å². The zero-order chi connectivity index (χ0) is 13.0. The summed E-state index contributed by atoms with van der Waals surface area (Å²) in [6, 6.07) is 1.56. The average Bonchev–Trinajstić information content (AvgIpc) is 2.27. The van der Waals surface area contributed by atoms with Gasteiger partial charge in [0.25, 0.3) is 6.43 Å². The van der Waals surface area contributed by atoms with Crippen molar-refractivity contribution in [1.82, 2.24) is 4.98 Å². The molecular weight excluding hydrogens is 234 g/mol. The summed E-state index contributed by atoms with van der Waals surface area (Å²) < 4.78 is 30.3. The summed E-state index contributed by atoms with van der Waals surface area (Å²) in [6.45, 7) is 0. The van der Waals surface area contributed by atoms with Gasteiger partial charge in [-0.2, -0.15) is 5.26 Å². The predicted molar refractivity (Wildman–Crippen MR) is 51.8 cm³/mol. The van der Waals surface area contributed by atoms with E-state index in [1.165, 1.54) is 0 Å². The highest BCUT2D eigenvalue weighted by Crippen LogP contribution is 2.33. The Kier molecular flexibility index (Phi) is 3.93. The van der Waals surface area contributed by atoms with E-state index in [4.69, 9.17) is 15.1 Å². The molecule has 0 aromatic carbocycles. The Labute approximate surface area is 95.3 Å². The second-order valence-electron chi connectivity index (χ2n) is 3.05. The van der Waals surface area contributed by atoms with Crippen LogP contribution in [0.1, 0.15) is 23.2 Å². The van der Waals surface area contributed by atoms with Crippen LogP contribution in [0.25, 0.3) is 0 Å². The first-order valence-electron chi connectivity index (χ1n) is 4.47. The Morgan fingerprint density at radius 2 is 2.35 bits per heavy atom. The van der Waals surface area contributed by atoms with Crippen LogP contribution in [0.2, 0.25) is 0 Å². The van der Waals surface area contributed by atoms with E-state index in [-0.39, 0.29) is 17.0 Å². The van der Waals surface area contributed by atoms with E-state index in [1.54, 1.807) is 6.07 Å². The average molecular weight is 242 g/mol. The normalized spacial score (nSPS) is 10.1. The van der Waals surface area contributed by atoms with Gasteiger partial charge in [0.2, 0.25) is 0 Å². The van der Waals surface area contributed by atoms with Crippen molar-refractivity contribution < 1.29 is 23.4 Å². The Hall–Kier alpha value is -2.23. The number of alkyl halides is 2. The number of hydrogen-bond acceptors (Lipinski definition) is 4. The van der Waals surface area contributed by atoms with Gasteiger partial charge in [-0.3, -0.25) is 9.78 Å². The molecule has 0 spiro atoms. The second kappa shape index (κ2) is 5.21. The van der Waals surface area contributed by atoms with Crippen LogP contribution in [-0.4, -0.2) is 23.2 Å². The van der Waals surface area contributed by atoms with Crippen molar-refractivity contribution in [3.05, 3.63) is 23.0 Å². The fraction of sp³-hybridized carbons (Fsp3) is 0.300. The smallest absolute Gasteiger partial charge is 0.309 e. The quantitative estimate of drug-likeness (QED) is 0.865. The lowest BCUT2D eigenvalue weighted by molar-refractivity contribution is -0.136. The third-order valence-electron chi connectivity index (χ3n) is 2.01. The lowest BCUT2D eigenvalue weighted by Gasteiger charge is -2.12. The van der Waals surface area contributed by atoms with Crippen molar-refractivity contribution in [1.29, 1.82) is 5.26 Å². The van der Waals surface area contributed by atoms with Crippen LogP contribution >= 0.6 is 0 Å². The number of methoxy groups -OCH3 is 1. The first-order chi connectivity index (χ1) is 8.01. The van der Waals surface area contributed by atoms with Crippen LogP contribution in [0.4, 0.5) is 8.78 Å². The first kappa shape index (κ1) is 12.8. The lowest BCUT2D eigenvalue weighted by Crippen LogP contribution is -2.08. The molecule has 0 aliphatic rings. The Morgan fingerprint density at radius 3 is 2.76 bits per heavy atom. The molecule has 90 valence electrons. The molecule has 0 aliphatic carbocycles. The standard InChI is InChI=1S/C10H8F2N2O3/c1-17-9-6(2-7(15)16)14-4-5(3-13)8(9)10(11)12/h4,10H,2H2,1H3,(H,15,16). The van der Waals surface area contributed by atoms with Crippen molar-refractivity contribution in [2.24, 2.45) is 0 Å². The number of nitrogens with zero attached hydrogens (tertiary/aromatic N) is 2. The molecule has 17 heavy (non-hydrogen) atoms. The minimum absolute atomic E-state index is 0.130. The zero-order valence-corrected chi connectivity index (χ0v) is 8.78. The molecule has 0 bridgehead atoms. The van der Waals surface area contributed by atoms with Gasteiger partial charge < -0.3 is 9.84 Å². The summed E-state index contributed by atoms with van der Waals surface area (Å²) in [7, 11) is 1.12. The van der Waals surface area contributed by atoms with Crippen molar-refractivity contribution >= 4 is 5.97 Å². The molecule has 1 aromatic rings. The van der Waals surface area contributed by atoms with E-state index in [9.17, 15) is 13.6 Å². The van der Waals surface area contributed by atoms with Crippen LogP contribution in [0.5, 0.6) is 5.75 Å². The summed E-state index contributed by atoms with van der Waals surface area (Å²) in [5, 5.41) is 17.3. The van der Waals surface area contributed by atoms with E-state index in [0.29, 0.717) is 0 Å². The molecule has 0 unspecified atom stereocenters. The van der Waals surface area contributed by atoms with Gasteiger partial charge in [0, 0.05) is 6.20 Å². The van der Waals surface area contributed by atoms with E-state index < -0.39 is 24.4 Å². The zero-order valence-electron chi connectivity index (χ0n) is 8.78. The molecule has 1 rings (SSSR count). The van der Waals surface area contributed by atoms with E-state index in [2.05, 4.69) is 4.98 Å². The summed E-state index contributed by atoms with van der Waals surface area (Å²) >= 11 is 0. The summed E-state index contributed by atoms with van der Waals surface area (Å²) in [4.78, 5) is 14.2. The number of carbonyl (C=O) groups is 1. The highest BCUT2D eigenvalue weighted by atomic mass is 19.3. The van der Waals surface area contributed by atoms with Crippen LogP contribution in [0.3, 0.4) is 0 Å². The SMILES string of the molecule is COc1c(CC(=O)O)ncc(C#N)c1C(F)F. The number of aliphatic carboxylic acids is 1. The Balaban J connectivity index is 3.42. The van der Waals surface area contributed by atoms with Crippen molar-refractivity contribution in [2.45, 2.75) is 12.8 Å². The third-order valence-corrected chi connectivity index (χ3v) is 2.01. The fourth-order valence-electron chi connectivity index (χ4n) is 1.35. The van der Waals surface area contributed by atoms with Crippen molar-refractivity contribution in [3.8, 4) is 11.8 Å². The molecular formula is C10H8F2N2O3. The Morgan fingerprint density at radius 1 is 1.71 bits per heavy atom. The van der Waals surface area contributed by atoms with Crippen LogP contribution in [0, 0.1) is 11.3 Å². The van der Waals surface area contributed by atoms with E-state index in [0.717, 1.165) is 13.3 Å². The monoisotopic (exact) mass is 242 g/mol. The number of halogens is 2. The molecule has 0 fully saturated rings. The predicted octanol–water partition coefficient (Wildman–Crippen LogP) is 1.53. The molecule has 1 aromatic heterocycles. The maximum atomic E-state index is 12.8. The summed E-state index contributed by atoms with van der Waals surface area (Å²) in [6.07, 6.45) is -2.56. The highest BCUT2D eigenvalue weighted by molar-refractivity contribution is 5.71. The number of aromatic nitrogens is 1. The summed E-state index contributed by atoms with van der Waals surface area (Å²) in [5.74, 6) is -1.57. The van der Waals surface area contributed by atoms with Crippen molar-refractivity contribution in [3.63, 3.8) is 0 Å². The molecule has 5 nitrogen and oxygen atoms in total. The third kappa shape index (κ3) is 2.66. The van der Waals surface area contributed by atoms with Gasteiger partial charge in [-0.25, -0.2) is 8.78 Å². The Bertz CT molecular complexity index is 483. The highest BCUT2D eigenvalue weighted by Gasteiger charge is 2.23. The number of carboxylic acids is 1. The topological polar surface area (TPSA) is 83.2 Å². The largest absolute Gasteiger partial charge is 0.494 e. The van der Waals surface area contributed by atoms with Gasteiger partial charge in [0.15, 0.2) is 5.75 Å².